The number of carbonyl (C=O) groups is 2. The lowest BCUT2D eigenvalue weighted by molar-refractivity contribution is 0.0600. The summed E-state index contributed by atoms with van der Waals surface area (Å²) in [5.41, 5.74) is 3.06. The SMILES string of the molecule is COC(=O)c1cccc(C(=O)N[C@H]2CC[C@@H](Nc3cc(C)c4ccccc4n3)CC2)c1. The summed E-state index contributed by atoms with van der Waals surface area (Å²) in [5.74, 6) is 0.302. The number of pyridine rings is 1. The molecule has 1 heterocycles. The smallest absolute Gasteiger partial charge is 0.337 e. The van der Waals surface area contributed by atoms with Crippen LogP contribution in [0.5, 0.6) is 0 Å². The first-order valence-electron chi connectivity index (χ1n) is 10.7. The molecule has 6 nitrogen and oxygen atoms in total. The molecule has 1 saturated carbocycles. The summed E-state index contributed by atoms with van der Waals surface area (Å²) >= 11 is 0. The number of hydrogen-bond donors (Lipinski definition) is 2. The number of nitrogens with zero attached hydrogens (tertiary/aromatic N) is 1. The number of aryl methyl sites for hydroxylation is 1. The number of nitrogens with one attached hydrogen (secondary N) is 2. The molecule has 1 aromatic heterocycles. The first-order valence-corrected chi connectivity index (χ1v) is 10.7. The largest absolute Gasteiger partial charge is 0.465 e. The van der Waals surface area contributed by atoms with E-state index in [4.69, 9.17) is 9.72 Å². The summed E-state index contributed by atoms with van der Waals surface area (Å²) in [5, 5.41) is 7.85. The van der Waals surface area contributed by atoms with Crippen molar-refractivity contribution < 1.29 is 14.3 Å². The van der Waals surface area contributed by atoms with Crippen molar-refractivity contribution in [2.24, 2.45) is 0 Å². The zero-order chi connectivity index (χ0) is 21.8. The summed E-state index contributed by atoms with van der Waals surface area (Å²) in [7, 11) is 1.33. The third-order valence-electron chi connectivity index (χ3n) is 5.88. The molecule has 1 fully saturated rings. The number of anilines is 1. The molecule has 4 rings (SSSR count). The van der Waals surface area contributed by atoms with E-state index in [1.165, 1.54) is 18.1 Å². The number of para-hydroxylation sites is 1. The molecule has 31 heavy (non-hydrogen) atoms. The minimum atomic E-state index is -0.446. The Morgan fingerprint density at radius 1 is 0.935 bits per heavy atom. The topological polar surface area (TPSA) is 80.3 Å². The highest BCUT2D eigenvalue weighted by atomic mass is 16.5. The van der Waals surface area contributed by atoms with E-state index in [2.05, 4.69) is 29.7 Å². The monoisotopic (exact) mass is 417 g/mol. The van der Waals surface area contributed by atoms with Gasteiger partial charge in [-0.1, -0.05) is 24.3 Å². The van der Waals surface area contributed by atoms with Crippen molar-refractivity contribution in [3.05, 3.63) is 71.3 Å². The fraction of sp³-hybridized carbons (Fsp3) is 0.320. The number of amides is 1. The Balaban J connectivity index is 1.33. The van der Waals surface area contributed by atoms with E-state index >= 15 is 0 Å². The molecule has 0 saturated heterocycles. The predicted molar refractivity (Wildman–Crippen MR) is 121 cm³/mol. The van der Waals surface area contributed by atoms with Gasteiger partial charge in [-0.3, -0.25) is 4.79 Å². The highest BCUT2D eigenvalue weighted by molar-refractivity contribution is 5.98. The molecular formula is C25H27N3O3. The maximum Gasteiger partial charge on any atom is 0.337 e. The Hall–Kier alpha value is -3.41. The third kappa shape index (κ3) is 4.85. The molecule has 0 aliphatic heterocycles. The zero-order valence-electron chi connectivity index (χ0n) is 17.9. The highest BCUT2D eigenvalue weighted by Gasteiger charge is 2.23. The number of methoxy groups -OCH3 is 1. The maximum atomic E-state index is 12.6. The number of hydrogen-bond acceptors (Lipinski definition) is 5. The van der Waals surface area contributed by atoms with Gasteiger partial charge in [-0.25, -0.2) is 9.78 Å². The molecule has 0 spiro atoms. The van der Waals surface area contributed by atoms with Crippen LogP contribution < -0.4 is 10.6 Å². The van der Waals surface area contributed by atoms with E-state index < -0.39 is 5.97 Å². The van der Waals surface area contributed by atoms with Crippen molar-refractivity contribution >= 4 is 28.6 Å². The summed E-state index contributed by atoms with van der Waals surface area (Å²) in [6.45, 7) is 2.11. The van der Waals surface area contributed by atoms with E-state index in [0.717, 1.165) is 37.0 Å². The third-order valence-corrected chi connectivity index (χ3v) is 5.88. The second-order valence-corrected chi connectivity index (χ2v) is 8.08. The molecule has 6 heteroatoms. The molecule has 0 bridgehead atoms. The fourth-order valence-electron chi connectivity index (χ4n) is 4.19. The van der Waals surface area contributed by atoms with E-state index in [1.54, 1.807) is 24.3 Å². The lowest BCUT2D eigenvalue weighted by Gasteiger charge is -2.30. The lowest BCUT2D eigenvalue weighted by Crippen LogP contribution is -2.40. The molecule has 2 aromatic carbocycles. The Kier molecular flexibility index (Phi) is 6.16. The van der Waals surface area contributed by atoms with Crippen molar-refractivity contribution in [1.82, 2.24) is 10.3 Å². The van der Waals surface area contributed by atoms with Crippen LogP contribution in [-0.4, -0.2) is 36.1 Å². The van der Waals surface area contributed by atoms with Gasteiger partial charge < -0.3 is 15.4 Å². The van der Waals surface area contributed by atoms with Crippen molar-refractivity contribution in [3.63, 3.8) is 0 Å². The van der Waals surface area contributed by atoms with Gasteiger partial charge in [-0.15, -0.1) is 0 Å². The van der Waals surface area contributed by atoms with Crippen molar-refractivity contribution in [2.75, 3.05) is 12.4 Å². The van der Waals surface area contributed by atoms with Crippen LogP contribution in [0.2, 0.25) is 0 Å². The lowest BCUT2D eigenvalue weighted by atomic mass is 9.91. The molecule has 1 aliphatic rings. The molecule has 1 aliphatic carbocycles. The summed E-state index contributed by atoms with van der Waals surface area (Å²) in [6.07, 6.45) is 3.71. The number of aromatic nitrogens is 1. The van der Waals surface area contributed by atoms with Gasteiger partial charge in [0, 0.05) is 23.0 Å². The van der Waals surface area contributed by atoms with Crippen LogP contribution >= 0.6 is 0 Å². The summed E-state index contributed by atoms with van der Waals surface area (Å²) in [6, 6.07) is 17.4. The molecule has 2 N–H and O–H groups in total. The average Bonchev–Trinajstić information content (AvgIpc) is 2.80. The second-order valence-electron chi connectivity index (χ2n) is 8.08. The van der Waals surface area contributed by atoms with E-state index in [1.807, 2.05) is 18.2 Å². The number of benzene rings is 2. The Labute approximate surface area is 182 Å². The highest BCUT2D eigenvalue weighted by Crippen LogP contribution is 2.25. The van der Waals surface area contributed by atoms with E-state index in [-0.39, 0.29) is 11.9 Å². The van der Waals surface area contributed by atoms with Crippen LogP contribution in [0.25, 0.3) is 10.9 Å². The number of carbonyl (C=O) groups excluding carboxylic acids is 2. The van der Waals surface area contributed by atoms with Crippen LogP contribution in [-0.2, 0) is 4.74 Å². The van der Waals surface area contributed by atoms with Gasteiger partial charge in [-0.2, -0.15) is 0 Å². The molecule has 1 amide bonds. The van der Waals surface area contributed by atoms with Crippen LogP contribution in [0, 0.1) is 6.92 Å². The first kappa shape index (κ1) is 20.8. The number of rotatable bonds is 5. The van der Waals surface area contributed by atoms with Gasteiger partial charge in [0.25, 0.3) is 5.91 Å². The Morgan fingerprint density at radius 2 is 1.65 bits per heavy atom. The summed E-state index contributed by atoms with van der Waals surface area (Å²) < 4.78 is 4.73. The van der Waals surface area contributed by atoms with Crippen LogP contribution in [0.15, 0.2) is 54.6 Å². The molecule has 160 valence electrons. The average molecular weight is 418 g/mol. The number of fused-ring (bicyclic) bond motifs is 1. The van der Waals surface area contributed by atoms with Crippen LogP contribution in [0.3, 0.4) is 0 Å². The zero-order valence-corrected chi connectivity index (χ0v) is 17.9. The predicted octanol–water partition coefficient (Wildman–Crippen LogP) is 4.48. The van der Waals surface area contributed by atoms with Gasteiger partial charge in [0.15, 0.2) is 0 Å². The summed E-state index contributed by atoms with van der Waals surface area (Å²) in [4.78, 5) is 29.1. The van der Waals surface area contributed by atoms with E-state index in [9.17, 15) is 9.59 Å². The molecular weight excluding hydrogens is 390 g/mol. The Morgan fingerprint density at radius 3 is 2.42 bits per heavy atom. The fourth-order valence-corrected chi connectivity index (χ4v) is 4.19. The molecule has 3 aromatic rings. The number of ether oxygens (including phenoxy) is 1. The first-order chi connectivity index (χ1) is 15.0. The second kappa shape index (κ2) is 9.16. The quantitative estimate of drug-likeness (QED) is 0.598. The van der Waals surface area contributed by atoms with Gasteiger partial charge in [0.1, 0.15) is 5.82 Å². The van der Waals surface area contributed by atoms with Crippen molar-refractivity contribution in [1.29, 1.82) is 0 Å². The minimum absolute atomic E-state index is 0.124. The minimum Gasteiger partial charge on any atom is -0.465 e. The molecule has 0 radical (unpaired) electrons. The van der Waals surface area contributed by atoms with E-state index in [0.29, 0.717) is 17.2 Å². The standard InChI is InChI=1S/C25H27N3O3/c1-16-14-23(28-22-9-4-3-8-21(16)22)26-19-10-12-20(13-11-19)27-24(29)17-6-5-7-18(15-17)25(30)31-2/h3-9,14-15,19-20H,10-13H2,1-2H3,(H,26,28)(H,27,29)/t19-,20+. The maximum absolute atomic E-state index is 12.6. The van der Waals surface area contributed by atoms with Gasteiger partial charge in [0.05, 0.1) is 18.2 Å². The van der Waals surface area contributed by atoms with Gasteiger partial charge in [0.2, 0.25) is 0 Å². The van der Waals surface area contributed by atoms with Crippen molar-refractivity contribution in [3.8, 4) is 0 Å². The van der Waals surface area contributed by atoms with Gasteiger partial charge in [-0.05, 0) is 68.5 Å². The Bertz CT molecular complexity index is 1100. The normalized spacial score (nSPS) is 18.4. The van der Waals surface area contributed by atoms with Crippen molar-refractivity contribution in [2.45, 2.75) is 44.7 Å². The van der Waals surface area contributed by atoms with Crippen LogP contribution in [0.1, 0.15) is 52.0 Å². The van der Waals surface area contributed by atoms with Gasteiger partial charge >= 0.3 is 5.97 Å². The van der Waals surface area contributed by atoms with Crippen LogP contribution in [0.4, 0.5) is 5.82 Å². The molecule has 0 atom stereocenters. The number of esters is 1. The molecule has 0 unspecified atom stereocenters.